The standard InChI is InChI=1S/C23H23N5OS/c1-4-28-22(26-27-23(28)30-14-21(29)24-3)18-13-20(16-11-9-15(2)10-12-16)25-19-8-6-5-7-17(18)19/h5-13H,4,14H2,1-3H3,(H,24,29). The number of pyridine rings is 1. The van der Waals surface area contributed by atoms with Crippen molar-refractivity contribution in [1.82, 2.24) is 25.1 Å². The van der Waals surface area contributed by atoms with Crippen molar-refractivity contribution in [1.29, 1.82) is 0 Å². The number of para-hydroxylation sites is 1. The number of hydrogen-bond acceptors (Lipinski definition) is 5. The van der Waals surface area contributed by atoms with Gasteiger partial charge in [0.15, 0.2) is 11.0 Å². The number of thioether (sulfide) groups is 1. The highest BCUT2D eigenvalue weighted by molar-refractivity contribution is 7.99. The molecule has 0 aliphatic heterocycles. The normalized spacial score (nSPS) is 11.0. The first-order valence-electron chi connectivity index (χ1n) is 9.84. The molecule has 0 spiro atoms. The predicted molar refractivity (Wildman–Crippen MR) is 121 cm³/mol. The topological polar surface area (TPSA) is 72.7 Å². The second kappa shape index (κ2) is 8.67. The number of fused-ring (bicyclic) bond motifs is 1. The molecule has 4 aromatic rings. The number of amides is 1. The van der Waals surface area contributed by atoms with Gasteiger partial charge in [0.1, 0.15) is 0 Å². The second-order valence-electron chi connectivity index (χ2n) is 6.95. The van der Waals surface area contributed by atoms with E-state index in [1.165, 1.54) is 17.3 Å². The summed E-state index contributed by atoms with van der Waals surface area (Å²) in [6.07, 6.45) is 0. The lowest BCUT2D eigenvalue weighted by Crippen LogP contribution is -2.20. The Morgan fingerprint density at radius 3 is 2.60 bits per heavy atom. The summed E-state index contributed by atoms with van der Waals surface area (Å²) in [5.74, 6) is 1.05. The number of nitrogens with zero attached hydrogens (tertiary/aromatic N) is 4. The Morgan fingerprint density at radius 1 is 1.10 bits per heavy atom. The van der Waals surface area contributed by atoms with Crippen molar-refractivity contribution in [3.8, 4) is 22.6 Å². The lowest BCUT2D eigenvalue weighted by Gasteiger charge is -2.12. The number of rotatable bonds is 6. The van der Waals surface area contributed by atoms with Gasteiger partial charge in [-0.1, -0.05) is 59.8 Å². The zero-order valence-electron chi connectivity index (χ0n) is 17.2. The van der Waals surface area contributed by atoms with Crippen molar-refractivity contribution in [3.05, 3.63) is 60.2 Å². The van der Waals surface area contributed by atoms with Crippen LogP contribution in [0.1, 0.15) is 12.5 Å². The lowest BCUT2D eigenvalue weighted by molar-refractivity contribution is -0.118. The van der Waals surface area contributed by atoms with Gasteiger partial charge in [0, 0.05) is 30.1 Å². The highest BCUT2D eigenvalue weighted by Gasteiger charge is 2.18. The molecule has 4 rings (SSSR count). The zero-order valence-corrected chi connectivity index (χ0v) is 18.0. The average Bonchev–Trinajstić information content (AvgIpc) is 3.19. The summed E-state index contributed by atoms with van der Waals surface area (Å²) in [6, 6.07) is 18.5. The van der Waals surface area contributed by atoms with Gasteiger partial charge in [-0.2, -0.15) is 0 Å². The van der Waals surface area contributed by atoms with Gasteiger partial charge in [-0.25, -0.2) is 4.98 Å². The molecule has 1 amide bonds. The number of hydrogen-bond donors (Lipinski definition) is 1. The van der Waals surface area contributed by atoms with Crippen LogP contribution in [-0.4, -0.2) is 38.5 Å². The highest BCUT2D eigenvalue weighted by atomic mass is 32.2. The van der Waals surface area contributed by atoms with Crippen LogP contribution in [0.2, 0.25) is 0 Å². The van der Waals surface area contributed by atoms with Gasteiger partial charge in [0.2, 0.25) is 5.91 Å². The van der Waals surface area contributed by atoms with E-state index in [0.717, 1.165) is 38.7 Å². The SMILES string of the molecule is CCn1c(SCC(=O)NC)nnc1-c1cc(-c2ccc(C)cc2)nc2ccccc12. The molecule has 0 atom stereocenters. The van der Waals surface area contributed by atoms with Crippen LogP contribution < -0.4 is 5.32 Å². The Balaban J connectivity index is 1.85. The molecule has 6 nitrogen and oxygen atoms in total. The van der Waals surface area contributed by atoms with Gasteiger partial charge < -0.3 is 9.88 Å². The van der Waals surface area contributed by atoms with Crippen LogP contribution in [0.25, 0.3) is 33.5 Å². The summed E-state index contributed by atoms with van der Waals surface area (Å²) in [5.41, 5.74) is 5.06. The highest BCUT2D eigenvalue weighted by Crippen LogP contribution is 2.33. The third kappa shape index (κ3) is 3.93. The first-order valence-corrected chi connectivity index (χ1v) is 10.8. The van der Waals surface area contributed by atoms with Gasteiger partial charge >= 0.3 is 0 Å². The van der Waals surface area contributed by atoms with Crippen LogP contribution in [0.3, 0.4) is 0 Å². The van der Waals surface area contributed by atoms with Gasteiger partial charge in [-0.15, -0.1) is 10.2 Å². The molecule has 1 N–H and O–H groups in total. The van der Waals surface area contributed by atoms with Gasteiger partial charge in [0.05, 0.1) is 17.0 Å². The fraction of sp³-hybridized carbons (Fsp3) is 0.217. The van der Waals surface area contributed by atoms with Crippen LogP contribution in [-0.2, 0) is 11.3 Å². The van der Waals surface area contributed by atoms with Crippen molar-refractivity contribution >= 4 is 28.6 Å². The third-order valence-corrected chi connectivity index (χ3v) is 5.92. The number of carbonyl (C=O) groups is 1. The van der Waals surface area contributed by atoms with Crippen LogP contribution in [0.5, 0.6) is 0 Å². The molecule has 0 saturated heterocycles. The Labute approximate surface area is 179 Å². The Morgan fingerprint density at radius 2 is 1.87 bits per heavy atom. The van der Waals surface area contributed by atoms with E-state index < -0.39 is 0 Å². The maximum Gasteiger partial charge on any atom is 0.230 e. The summed E-state index contributed by atoms with van der Waals surface area (Å²) in [7, 11) is 1.63. The molecule has 30 heavy (non-hydrogen) atoms. The van der Waals surface area contributed by atoms with E-state index in [-0.39, 0.29) is 5.91 Å². The second-order valence-corrected chi connectivity index (χ2v) is 7.89. The van der Waals surface area contributed by atoms with Crippen molar-refractivity contribution in [2.75, 3.05) is 12.8 Å². The van der Waals surface area contributed by atoms with Crippen LogP contribution in [0.4, 0.5) is 0 Å². The molecule has 0 aliphatic rings. The molecular formula is C23H23N5OS. The number of carbonyl (C=O) groups excluding carboxylic acids is 1. The molecular weight excluding hydrogens is 394 g/mol. The van der Waals surface area contributed by atoms with E-state index in [4.69, 9.17) is 4.98 Å². The Hall–Kier alpha value is -3.19. The maximum absolute atomic E-state index is 11.7. The van der Waals surface area contributed by atoms with E-state index >= 15 is 0 Å². The largest absolute Gasteiger partial charge is 0.358 e. The quantitative estimate of drug-likeness (QED) is 0.473. The van der Waals surface area contributed by atoms with E-state index in [9.17, 15) is 4.79 Å². The van der Waals surface area contributed by atoms with Crippen LogP contribution in [0.15, 0.2) is 59.8 Å². The predicted octanol–water partition coefficient (Wildman–Crippen LogP) is 4.33. The number of aromatic nitrogens is 4. The van der Waals surface area contributed by atoms with Crippen molar-refractivity contribution in [2.45, 2.75) is 25.5 Å². The minimum Gasteiger partial charge on any atom is -0.358 e. The molecule has 2 heterocycles. The molecule has 0 saturated carbocycles. The first kappa shape index (κ1) is 20.1. The van der Waals surface area contributed by atoms with Crippen LogP contribution in [0, 0.1) is 6.92 Å². The monoisotopic (exact) mass is 417 g/mol. The van der Waals surface area contributed by atoms with Gasteiger partial charge in [-0.3, -0.25) is 4.79 Å². The first-order chi connectivity index (χ1) is 14.6. The molecule has 2 aromatic carbocycles. The Kier molecular flexibility index (Phi) is 5.81. The summed E-state index contributed by atoms with van der Waals surface area (Å²) in [4.78, 5) is 16.5. The summed E-state index contributed by atoms with van der Waals surface area (Å²) >= 11 is 1.39. The zero-order chi connectivity index (χ0) is 21.1. The summed E-state index contributed by atoms with van der Waals surface area (Å²) in [6.45, 7) is 4.83. The fourth-order valence-corrected chi connectivity index (χ4v) is 4.19. The summed E-state index contributed by atoms with van der Waals surface area (Å²) in [5, 5.41) is 13.3. The molecule has 0 fully saturated rings. The number of benzene rings is 2. The molecule has 2 aromatic heterocycles. The minimum atomic E-state index is -0.0387. The molecule has 0 bridgehead atoms. The molecule has 152 valence electrons. The van der Waals surface area contributed by atoms with Crippen molar-refractivity contribution in [2.24, 2.45) is 0 Å². The van der Waals surface area contributed by atoms with Gasteiger partial charge in [-0.05, 0) is 26.0 Å². The van der Waals surface area contributed by atoms with Crippen molar-refractivity contribution in [3.63, 3.8) is 0 Å². The van der Waals surface area contributed by atoms with Crippen molar-refractivity contribution < 1.29 is 4.79 Å². The maximum atomic E-state index is 11.7. The number of aryl methyl sites for hydroxylation is 1. The van der Waals surface area contributed by atoms with Crippen LogP contribution >= 0.6 is 11.8 Å². The molecule has 0 unspecified atom stereocenters. The molecule has 7 heteroatoms. The molecule has 0 radical (unpaired) electrons. The van der Waals surface area contributed by atoms with E-state index in [1.807, 2.05) is 22.8 Å². The smallest absolute Gasteiger partial charge is 0.230 e. The average molecular weight is 418 g/mol. The van der Waals surface area contributed by atoms with E-state index in [1.54, 1.807) is 7.05 Å². The van der Waals surface area contributed by atoms with Gasteiger partial charge in [0.25, 0.3) is 0 Å². The van der Waals surface area contributed by atoms with E-state index in [0.29, 0.717) is 12.3 Å². The number of nitrogens with one attached hydrogen (secondary N) is 1. The van der Waals surface area contributed by atoms with E-state index in [2.05, 4.69) is 65.8 Å². The Bertz CT molecular complexity index is 1200. The summed E-state index contributed by atoms with van der Waals surface area (Å²) < 4.78 is 2.05. The molecule has 0 aliphatic carbocycles. The fourth-order valence-electron chi connectivity index (χ4n) is 3.31. The minimum absolute atomic E-state index is 0.0387. The third-order valence-electron chi connectivity index (χ3n) is 4.95. The lowest BCUT2D eigenvalue weighted by atomic mass is 10.0.